The number of unbranched alkanes of at least 4 members (excludes halogenated alkanes) is 3. The zero-order valence-electron chi connectivity index (χ0n) is 13.8. The molecule has 1 unspecified atom stereocenters. The first kappa shape index (κ1) is 15.1. The molecule has 0 fully saturated rings. The van der Waals surface area contributed by atoms with Gasteiger partial charge in [-0.05, 0) is 35.6 Å². The van der Waals surface area contributed by atoms with E-state index in [1.54, 1.807) is 0 Å². The summed E-state index contributed by atoms with van der Waals surface area (Å²) in [5, 5.41) is 0. The van der Waals surface area contributed by atoms with E-state index in [1.165, 1.54) is 59.9 Å². The molecule has 1 aliphatic carbocycles. The van der Waals surface area contributed by atoms with Gasteiger partial charge in [0.2, 0.25) is 0 Å². The second-order valence-corrected chi connectivity index (χ2v) is 6.50. The summed E-state index contributed by atoms with van der Waals surface area (Å²) < 4.78 is 0. The molecule has 0 heteroatoms. The molecule has 1 aliphatic rings. The Morgan fingerprint density at radius 2 is 1.64 bits per heavy atom. The van der Waals surface area contributed by atoms with Crippen molar-refractivity contribution >= 4 is 11.6 Å². The van der Waals surface area contributed by atoms with Crippen LogP contribution in [0.2, 0.25) is 0 Å². The summed E-state index contributed by atoms with van der Waals surface area (Å²) in [6.07, 6.45) is 9.04. The van der Waals surface area contributed by atoms with E-state index in [1.807, 2.05) is 0 Å². The Morgan fingerprint density at radius 1 is 0.864 bits per heavy atom. The summed E-state index contributed by atoms with van der Waals surface area (Å²) in [6.45, 7) is 4.44. The van der Waals surface area contributed by atoms with Crippen molar-refractivity contribution in [2.75, 3.05) is 0 Å². The Labute approximate surface area is 134 Å². The first-order valence-corrected chi connectivity index (χ1v) is 8.67. The van der Waals surface area contributed by atoms with Crippen molar-refractivity contribution in [1.29, 1.82) is 0 Å². The maximum atomic E-state index is 2.41. The molecule has 0 spiro atoms. The molecule has 0 bridgehead atoms. The lowest BCUT2D eigenvalue weighted by Crippen LogP contribution is -1.99. The second kappa shape index (κ2) is 6.96. The van der Waals surface area contributed by atoms with Crippen molar-refractivity contribution in [1.82, 2.24) is 0 Å². The average Bonchev–Trinajstić information content (AvgIpc) is 2.91. The summed E-state index contributed by atoms with van der Waals surface area (Å²) in [4.78, 5) is 0. The summed E-state index contributed by atoms with van der Waals surface area (Å²) in [5.74, 6) is 0.579. The second-order valence-electron chi connectivity index (χ2n) is 6.50. The Bertz CT molecular complexity index is 646. The summed E-state index contributed by atoms with van der Waals surface area (Å²) in [5.41, 5.74) is 7.17. The van der Waals surface area contributed by atoms with Crippen LogP contribution in [0, 0.1) is 6.92 Å². The fourth-order valence-electron chi connectivity index (χ4n) is 3.51. The highest BCUT2D eigenvalue weighted by molar-refractivity contribution is 5.91. The van der Waals surface area contributed by atoms with Crippen molar-refractivity contribution < 1.29 is 0 Å². The van der Waals surface area contributed by atoms with Crippen LogP contribution in [-0.2, 0) is 0 Å². The van der Waals surface area contributed by atoms with Crippen LogP contribution < -0.4 is 0 Å². The third-order valence-corrected chi connectivity index (χ3v) is 4.79. The lowest BCUT2D eigenvalue weighted by atomic mass is 9.87. The molecular weight excluding hydrogens is 264 g/mol. The third kappa shape index (κ3) is 3.16. The first-order valence-electron chi connectivity index (χ1n) is 8.67. The fourth-order valence-corrected chi connectivity index (χ4v) is 3.51. The fraction of sp³-hybridized carbons (Fsp3) is 0.364. The van der Waals surface area contributed by atoms with Crippen molar-refractivity contribution in [3.05, 3.63) is 70.8 Å². The molecule has 0 heterocycles. The zero-order chi connectivity index (χ0) is 15.4. The van der Waals surface area contributed by atoms with E-state index in [0.717, 1.165) is 0 Å². The monoisotopic (exact) mass is 290 g/mol. The van der Waals surface area contributed by atoms with E-state index in [4.69, 9.17) is 0 Å². The predicted octanol–water partition coefficient (Wildman–Crippen LogP) is 6.60. The molecule has 2 aromatic rings. The van der Waals surface area contributed by atoms with E-state index in [-0.39, 0.29) is 0 Å². The van der Waals surface area contributed by atoms with Gasteiger partial charge in [-0.1, -0.05) is 92.8 Å². The van der Waals surface area contributed by atoms with Gasteiger partial charge in [0.25, 0.3) is 0 Å². The summed E-state index contributed by atoms with van der Waals surface area (Å²) >= 11 is 0. The van der Waals surface area contributed by atoms with Crippen LogP contribution >= 0.6 is 0 Å². The number of hydrogen-bond acceptors (Lipinski definition) is 0. The summed E-state index contributed by atoms with van der Waals surface area (Å²) in [6, 6.07) is 17.9. The molecule has 0 aliphatic heterocycles. The Hall–Kier alpha value is -1.82. The van der Waals surface area contributed by atoms with E-state index < -0.39 is 0 Å². The van der Waals surface area contributed by atoms with Gasteiger partial charge < -0.3 is 0 Å². The van der Waals surface area contributed by atoms with Gasteiger partial charge in [0.1, 0.15) is 0 Å². The minimum absolute atomic E-state index is 0.579. The normalized spacial score (nSPS) is 16.5. The molecular formula is C22H26. The number of benzene rings is 2. The van der Waals surface area contributed by atoms with Gasteiger partial charge in [-0.15, -0.1) is 0 Å². The van der Waals surface area contributed by atoms with Crippen molar-refractivity contribution in [2.45, 2.75) is 51.9 Å². The molecule has 0 N–H and O–H groups in total. The highest BCUT2D eigenvalue weighted by Gasteiger charge is 2.25. The SMILES string of the molecule is CCCCCCC1C(c2ccc(C)cc2)=Cc2ccccc21. The molecule has 114 valence electrons. The molecule has 0 radical (unpaired) electrons. The largest absolute Gasteiger partial charge is 0.0654 e. The van der Waals surface area contributed by atoms with Crippen LogP contribution in [0.25, 0.3) is 11.6 Å². The standard InChI is InChI=1S/C22H26/c1-3-4-5-6-11-21-20-10-8-7-9-19(20)16-22(21)18-14-12-17(2)13-15-18/h7-10,12-16,21H,3-6,11H2,1-2H3. The smallest absolute Gasteiger partial charge is 0.0101 e. The number of allylic oxidation sites excluding steroid dienone is 1. The van der Waals surface area contributed by atoms with Gasteiger partial charge in [-0.25, -0.2) is 0 Å². The van der Waals surface area contributed by atoms with Crippen molar-refractivity contribution in [3.8, 4) is 0 Å². The van der Waals surface area contributed by atoms with Gasteiger partial charge in [0.15, 0.2) is 0 Å². The lowest BCUT2D eigenvalue weighted by Gasteiger charge is -2.17. The van der Waals surface area contributed by atoms with Gasteiger partial charge in [0.05, 0.1) is 0 Å². The number of aryl methyl sites for hydroxylation is 1. The predicted molar refractivity (Wildman–Crippen MR) is 97.0 cm³/mol. The molecule has 2 aromatic carbocycles. The highest BCUT2D eigenvalue weighted by atomic mass is 14.3. The topological polar surface area (TPSA) is 0 Å². The van der Waals surface area contributed by atoms with Crippen LogP contribution in [0.4, 0.5) is 0 Å². The minimum Gasteiger partial charge on any atom is -0.0654 e. The Balaban J connectivity index is 1.85. The van der Waals surface area contributed by atoms with Gasteiger partial charge >= 0.3 is 0 Å². The number of fused-ring (bicyclic) bond motifs is 1. The van der Waals surface area contributed by atoms with E-state index >= 15 is 0 Å². The zero-order valence-corrected chi connectivity index (χ0v) is 13.8. The van der Waals surface area contributed by atoms with Gasteiger partial charge in [-0.2, -0.15) is 0 Å². The average molecular weight is 290 g/mol. The molecule has 0 saturated heterocycles. The van der Waals surface area contributed by atoms with E-state index in [9.17, 15) is 0 Å². The minimum atomic E-state index is 0.579. The number of rotatable bonds is 6. The lowest BCUT2D eigenvalue weighted by molar-refractivity contribution is 0.612. The molecule has 3 rings (SSSR count). The number of hydrogen-bond donors (Lipinski definition) is 0. The molecule has 22 heavy (non-hydrogen) atoms. The molecule has 0 amide bonds. The quantitative estimate of drug-likeness (QED) is 0.525. The Morgan fingerprint density at radius 3 is 2.41 bits per heavy atom. The van der Waals surface area contributed by atoms with Crippen molar-refractivity contribution in [3.63, 3.8) is 0 Å². The summed E-state index contributed by atoms with van der Waals surface area (Å²) in [7, 11) is 0. The van der Waals surface area contributed by atoms with Crippen molar-refractivity contribution in [2.24, 2.45) is 0 Å². The van der Waals surface area contributed by atoms with Crippen LogP contribution in [0.15, 0.2) is 48.5 Å². The van der Waals surface area contributed by atoms with Gasteiger partial charge in [-0.3, -0.25) is 0 Å². The Kier molecular flexibility index (Phi) is 4.77. The van der Waals surface area contributed by atoms with E-state index in [0.29, 0.717) is 5.92 Å². The first-order chi connectivity index (χ1) is 10.8. The molecule has 0 saturated carbocycles. The molecule has 1 atom stereocenters. The van der Waals surface area contributed by atoms with Crippen LogP contribution in [-0.4, -0.2) is 0 Å². The molecule has 0 nitrogen and oxygen atoms in total. The van der Waals surface area contributed by atoms with Crippen LogP contribution in [0.1, 0.15) is 67.2 Å². The van der Waals surface area contributed by atoms with E-state index in [2.05, 4.69) is 68.5 Å². The maximum absolute atomic E-state index is 2.41. The van der Waals surface area contributed by atoms with Crippen LogP contribution in [0.3, 0.4) is 0 Å². The highest BCUT2D eigenvalue weighted by Crippen LogP contribution is 2.44. The van der Waals surface area contributed by atoms with Crippen LogP contribution in [0.5, 0.6) is 0 Å². The third-order valence-electron chi connectivity index (χ3n) is 4.79. The maximum Gasteiger partial charge on any atom is 0.0101 e. The van der Waals surface area contributed by atoms with Gasteiger partial charge in [0, 0.05) is 5.92 Å². The molecule has 0 aromatic heterocycles.